The van der Waals surface area contributed by atoms with Crippen LogP contribution in [-0.4, -0.2) is 22.8 Å². The van der Waals surface area contributed by atoms with Gasteiger partial charge in [-0.1, -0.05) is 26.7 Å². The highest BCUT2D eigenvalue weighted by molar-refractivity contribution is 5.74. The van der Waals surface area contributed by atoms with Gasteiger partial charge in [-0.15, -0.1) is 0 Å². The first kappa shape index (κ1) is 15.3. The zero-order valence-electron chi connectivity index (χ0n) is 13.6. The molecule has 3 fully saturated rings. The van der Waals surface area contributed by atoms with E-state index in [0.717, 1.165) is 44.9 Å². The van der Waals surface area contributed by atoms with Gasteiger partial charge in [0.25, 0.3) is 0 Å². The van der Waals surface area contributed by atoms with Crippen molar-refractivity contribution >= 4 is 5.97 Å². The van der Waals surface area contributed by atoms with Crippen molar-refractivity contribution in [2.45, 2.75) is 96.2 Å². The molecular weight excluding hydrogens is 264 g/mol. The van der Waals surface area contributed by atoms with Crippen molar-refractivity contribution in [1.29, 1.82) is 0 Å². The molecule has 120 valence electrons. The molecule has 1 aliphatic heterocycles. The van der Waals surface area contributed by atoms with Crippen LogP contribution < -0.4 is 0 Å². The van der Waals surface area contributed by atoms with Crippen LogP contribution in [0.3, 0.4) is 0 Å². The van der Waals surface area contributed by atoms with Crippen molar-refractivity contribution < 1.29 is 14.6 Å². The molecule has 0 amide bonds. The largest absolute Gasteiger partial charge is 0.481 e. The molecule has 1 unspecified atom stereocenters. The summed E-state index contributed by atoms with van der Waals surface area (Å²) in [6.07, 6.45) is 11.8. The molecule has 3 aliphatic rings. The van der Waals surface area contributed by atoms with Gasteiger partial charge >= 0.3 is 5.97 Å². The molecule has 1 spiro atoms. The molecule has 1 heterocycles. The molecule has 2 aliphatic carbocycles. The number of hydrogen-bond donors (Lipinski definition) is 1. The Kier molecular flexibility index (Phi) is 3.84. The monoisotopic (exact) mass is 294 g/mol. The normalized spacial score (nSPS) is 33.3. The highest BCUT2D eigenvalue weighted by Gasteiger charge is 2.49. The lowest BCUT2D eigenvalue weighted by molar-refractivity contribution is -0.157. The summed E-state index contributed by atoms with van der Waals surface area (Å²) in [6, 6.07) is 0. The topological polar surface area (TPSA) is 46.5 Å². The second-order valence-corrected chi connectivity index (χ2v) is 8.62. The number of rotatable bonds is 3. The van der Waals surface area contributed by atoms with Crippen LogP contribution in [-0.2, 0) is 9.53 Å². The zero-order valence-corrected chi connectivity index (χ0v) is 13.6. The lowest BCUT2D eigenvalue weighted by atomic mass is 9.63. The minimum atomic E-state index is -0.589. The molecule has 0 aromatic carbocycles. The van der Waals surface area contributed by atoms with Gasteiger partial charge in [-0.3, -0.25) is 4.79 Å². The van der Waals surface area contributed by atoms with Crippen LogP contribution in [0.4, 0.5) is 0 Å². The molecule has 1 N–H and O–H groups in total. The molecule has 0 radical (unpaired) electrons. The average molecular weight is 294 g/mol. The third kappa shape index (κ3) is 2.99. The SMILES string of the molecule is CC1(C)CCC(CC2CCC3(CCCC3)O2)(C(=O)O)CC1. The standard InChI is InChI=1S/C18H30O3/c1-16(2)9-11-17(12-10-16,15(19)20)13-14-5-8-18(21-14)6-3-4-7-18/h14H,3-13H2,1-2H3,(H,19,20). The highest BCUT2D eigenvalue weighted by Crippen LogP contribution is 2.51. The van der Waals surface area contributed by atoms with E-state index in [-0.39, 0.29) is 11.7 Å². The number of carboxylic acid groups (broad SMARTS) is 1. The van der Waals surface area contributed by atoms with E-state index in [4.69, 9.17) is 4.74 Å². The lowest BCUT2D eigenvalue weighted by Gasteiger charge is -2.42. The second-order valence-electron chi connectivity index (χ2n) is 8.62. The smallest absolute Gasteiger partial charge is 0.309 e. The first-order chi connectivity index (χ1) is 9.85. The third-order valence-electron chi connectivity index (χ3n) is 6.49. The number of carbonyl (C=O) groups is 1. The number of aliphatic carboxylic acids is 1. The van der Waals surface area contributed by atoms with Gasteiger partial charge < -0.3 is 9.84 Å². The van der Waals surface area contributed by atoms with Crippen LogP contribution in [0.15, 0.2) is 0 Å². The van der Waals surface area contributed by atoms with Crippen LogP contribution in [0, 0.1) is 10.8 Å². The third-order valence-corrected chi connectivity index (χ3v) is 6.49. The van der Waals surface area contributed by atoms with E-state index in [2.05, 4.69) is 13.8 Å². The van der Waals surface area contributed by atoms with Crippen LogP contribution in [0.1, 0.15) is 84.5 Å². The Balaban J connectivity index is 1.65. The van der Waals surface area contributed by atoms with Gasteiger partial charge in [0, 0.05) is 0 Å². The Morgan fingerprint density at radius 1 is 1.05 bits per heavy atom. The van der Waals surface area contributed by atoms with E-state index in [1.54, 1.807) is 0 Å². The fourth-order valence-electron chi connectivity index (χ4n) is 4.77. The number of carboxylic acids is 1. The van der Waals surface area contributed by atoms with E-state index in [0.29, 0.717) is 5.41 Å². The summed E-state index contributed by atoms with van der Waals surface area (Å²) in [5.74, 6) is -0.589. The van der Waals surface area contributed by atoms with Gasteiger partial charge in [0.2, 0.25) is 0 Å². The minimum Gasteiger partial charge on any atom is -0.481 e. The second kappa shape index (κ2) is 5.26. The Morgan fingerprint density at radius 3 is 2.24 bits per heavy atom. The molecule has 2 saturated carbocycles. The van der Waals surface area contributed by atoms with E-state index in [1.165, 1.54) is 25.7 Å². The Morgan fingerprint density at radius 2 is 1.67 bits per heavy atom. The van der Waals surface area contributed by atoms with E-state index in [9.17, 15) is 9.90 Å². The summed E-state index contributed by atoms with van der Waals surface area (Å²) in [7, 11) is 0. The Hall–Kier alpha value is -0.570. The van der Waals surface area contributed by atoms with Crippen LogP contribution in [0.25, 0.3) is 0 Å². The lowest BCUT2D eigenvalue weighted by Crippen LogP contribution is -2.40. The molecule has 1 atom stereocenters. The van der Waals surface area contributed by atoms with Gasteiger partial charge in [-0.2, -0.15) is 0 Å². The van der Waals surface area contributed by atoms with Gasteiger partial charge in [-0.05, 0) is 63.2 Å². The summed E-state index contributed by atoms with van der Waals surface area (Å²) in [5.41, 5.74) is -0.0925. The minimum absolute atomic E-state index is 0.123. The van der Waals surface area contributed by atoms with Crippen molar-refractivity contribution in [3.8, 4) is 0 Å². The maximum absolute atomic E-state index is 11.9. The summed E-state index contributed by atoms with van der Waals surface area (Å²) in [4.78, 5) is 11.9. The Bertz CT molecular complexity index is 397. The van der Waals surface area contributed by atoms with Crippen LogP contribution in [0.2, 0.25) is 0 Å². The van der Waals surface area contributed by atoms with Crippen LogP contribution >= 0.6 is 0 Å². The predicted molar refractivity (Wildman–Crippen MR) is 82.2 cm³/mol. The van der Waals surface area contributed by atoms with E-state index in [1.807, 2.05) is 0 Å². The molecule has 21 heavy (non-hydrogen) atoms. The van der Waals surface area contributed by atoms with Crippen molar-refractivity contribution in [1.82, 2.24) is 0 Å². The molecule has 3 heteroatoms. The van der Waals surface area contributed by atoms with Gasteiger partial charge in [0.1, 0.15) is 0 Å². The maximum Gasteiger partial charge on any atom is 0.309 e. The molecular formula is C18H30O3. The molecule has 3 nitrogen and oxygen atoms in total. The highest BCUT2D eigenvalue weighted by atomic mass is 16.5. The van der Waals surface area contributed by atoms with Gasteiger partial charge in [0.05, 0.1) is 17.1 Å². The first-order valence-electron chi connectivity index (χ1n) is 8.76. The molecule has 3 rings (SSSR count). The molecule has 1 saturated heterocycles. The fourth-order valence-corrected chi connectivity index (χ4v) is 4.77. The first-order valence-corrected chi connectivity index (χ1v) is 8.76. The summed E-state index contributed by atoms with van der Waals surface area (Å²) < 4.78 is 6.38. The fraction of sp³-hybridized carbons (Fsp3) is 0.944. The van der Waals surface area contributed by atoms with Crippen molar-refractivity contribution in [2.75, 3.05) is 0 Å². The van der Waals surface area contributed by atoms with E-state index >= 15 is 0 Å². The van der Waals surface area contributed by atoms with Gasteiger partial charge in [0.15, 0.2) is 0 Å². The van der Waals surface area contributed by atoms with Crippen molar-refractivity contribution in [3.05, 3.63) is 0 Å². The Labute approximate surface area is 128 Å². The summed E-state index contributed by atoms with van der Waals surface area (Å²) in [6.45, 7) is 4.52. The number of hydrogen-bond acceptors (Lipinski definition) is 2. The molecule has 0 bridgehead atoms. The maximum atomic E-state index is 11.9. The molecule has 0 aromatic rings. The van der Waals surface area contributed by atoms with E-state index < -0.39 is 11.4 Å². The molecule has 0 aromatic heterocycles. The van der Waals surface area contributed by atoms with Crippen molar-refractivity contribution in [3.63, 3.8) is 0 Å². The zero-order chi connectivity index (χ0) is 15.1. The quantitative estimate of drug-likeness (QED) is 0.831. The van der Waals surface area contributed by atoms with Crippen LogP contribution in [0.5, 0.6) is 0 Å². The summed E-state index contributed by atoms with van der Waals surface area (Å²) >= 11 is 0. The van der Waals surface area contributed by atoms with Gasteiger partial charge in [-0.25, -0.2) is 0 Å². The van der Waals surface area contributed by atoms with Crippen molar-refractivity contribution in [2.24, 2.45) is 10.8 Å². The number of ether oxygens (including phenoxy) is 1. The predicted octanol–water partition coefficient (Wildman–Crippen LogP) is 4.54. The average Bonchev–Trinajstić information content (AvgIpc) is 3.03. The summed E-state index contributed by atoms with van der Waals surface area (Å²) in [5, 5.41) is 9.82.